The third-order valence-electron chi connectivity index (χ3n) is 4.22. The van der Waals surface area contributed by atoms with Gasteiger partial charge in [0, 0.05) is 11.5 Å². The molecule has 3 N–H and O–H groups in total. The minimum atomic E-state index is -3.63. The Balaban J connectivity index is 2.12. The fraction of sp³-hybridized carbons (Fsp3) is 0.235. The molecule has 7 nitrogen and oxygen atoms in total. The normalized spacial score (nSPS) is 23.3. The van der Waals surface area contributed by atoms with E-state index >= 15 is 0 Å². The smallest absolute Gasteiger partial charge is 0.306 e. The fourth-order valence-electron chi connectivity index (χ4n) is 3.01. The van der Waals surface area contributed by atoms with Gasteiger partial charge in [-0.1, -0.05) is 40.2 Å². The number of likely N-dealkylation sites (N-methyl/N-ethyl adjacent to an activating group) is 1. The Morgan fingerprint density at radius 3 is 2.35 bits per heavy atom. The Labute approximate surface area is 160 Å². The van der Waals surface area contributed by atoms with Crippen molar-refractivity contribution in [2.75, 3.05) is 13.3 Å². The number of hydrogen-bond donors (Lipinski definition) is 2. The SMILES string of the molecule is CN1C(=O)C(c2ccc(OS(C)(=O)=O)cc2)(c2cccc(Br)c2)NC1N. The summed E-state index contributed by atoms with van der Waals surface area (Å²) < 4.78 is 28.3. The van der Waals surface area contributed by atoms with Crippen molar-refractivity contribution in [3.05, 3.63) is 64.1 Å². The molecule has 0 bridgehead atoms. The van der Waals surface area contributed by atoms with E-state index < -0.39 is 21.9 Å². The van der Waals surface area contributed by atoms with Crippen LogP contribution in [0, 0.1) is 0 Å². The van der Waals surface area contributed by atoms with Crippen molar-refractivity contribution in [2.24, 2.45) is 5.73 Å². The molecule has 0 spiro atoms. The lowest BCUT2D eigenvalue weighted by atomic mass is 9.82. The number of amides is 1. The molecule has 3 rings (SSSR count). The van der Waals surface area contributed by atoms with Gasteiger partial charge in [0.25, 0.3) is 5.91 Å². The molecular formula is C17H18BrN3O4S. The van der Waals surface area contributed by atoms with Gasteiger partial charge in [-0.25, -0.2) is 0 Å². The minimum absolute atomic E-state index is 0.170. The molecule has 1 saturated heterocycles. The van der Waals surface area contributed by atoms with Gasteiger partial charge in [-0.15, -0.1) is 0 Å². The zero-order chi connectivity index (χ0) is 19.1. The highest BCUT2D eigenvalue weighted by atomic mass is 79.9. The van der Waals surface area contributed by atoms with Gasteiger partial charge in [0.05, 0.1) is 6.26 Å². The monoisotopic (exact) mass is 439 g/mol. The van der Waals surface area contributed by atoms with Crippen LogP contribution < -0.4 is 15.2 Å². The molecule has 2 aromatic rings. The maximum Gasteiger partial charge on any atom is 0.306 e. The number of nitrogens with zero attached hydrogens (tertiary/aromatic N) is 1. The van der Waals surface area contributed by atoms with Crippen LogP contribution in [0.5, 0.6) is 5.75 Å². The van der Waals surface area contributed by atoms with E-state index in [1.54, 1.807) is 19.2 Å². The van der Waals surface area contributed by atoms with Crippen LogP contribution in [0.2, 0.25) is 0 Å². The lowest BCUT2D eigenvalue weighted by molar-refractivity contribution is -0.131. The molecule has 1 aliphatic rings. The molecule has 1 amide bonds. The van der Waals surface area contributed by atoms with Gasteiger partial charge in [-0.05, 0) is 35.4 Å². The van der Waals surface area contributed by atoms with Gasteiger partial charge in [-0.2, -0.15) is 8.42 Å². The maximum absolute atomic E-state index is 13.1. The first-order valence-corrected chi connectivity index (χ1v) is 10.3. The molecule has 26 heavy (non-hydrogen) atoms. The molecule has 0 radical (unpaired) electrons. The number of nitrogens with two attached hydrogens (primary N) is 1. The Bertz CT molecular complexity index is 949. The van der Waals surface area contributed by atoms with E-state index in [4.69, 9.17) is 9.92 Å². The minimum Gasteiger partial charge on any atom is -0.383 e. The highest BCUT2D eigenvalue weighted by Crippen LogP contribution is 2.37. The number of carbonyl (C=O) groups excluding carboxylic acids is 1. The molecule has 1 fully saturated rings. The van der Waals surface area contributed by atoms with Gasteiger partial charge in [-0.3, -0.25) is 15.8 Å². The molecule has 0 saturated carbocycles. The largest absolute Gasteiger partial charge is 0.383 e. The summed E-state index contributed by atoms with van der Waals surface area (Å²) in [7, 11) is -2.00. The molecule has 0 aliphatic carbocycles. The molecule has 2 atom stereocenters. The summed E-state index contributed by atoms with van der Waals surface area (Å²) in [5.74, 6) is -0.0383. The lowest BCUT2D eigenvalue weighted by Gasteiger charge is -2.28. The zero-order valence-electron chi connectivity index (χ0n) is 14.1. The number of benzene rings is 2. The van der Waals surface area contributed by atoms with Crippen LogP contribution >= 0.6 is 15.9 Å². The number of nitrogens with one attached hydrogen (secondary N) is 1. The maximum atomic E-state index is 13.1. The van der Waals surface area contributed by atoms with Gasteiger partial charge in [0.1, 0.15) is 12.0 Å². The Morgan fingerprint density at radius 2 is 1.85 bits per heavy atom. The average Bonchev–Trinajstić information content (AvgIpc) is 2.79. The van der Waals surface area contributed by atoms with E-state index in [2.05, 4.69) is 21.2 Å². The van der Waals surface area contributed by atoms with E-state index in [0.717, 1.165) is 10.7 Å². The predicted octanol–water partition coefficient (Wildman–Crippen LogP) is 1.34. The zero-order valence-corrected chi connectivity index (χ0v) is 16.5. The van der Waals surface area contributed by atoms with Crippen LogP contribution in [-0.2, 0) is 20.5 Å². The molecule has 1 aliphatic heterocycles. The third kappa shape index (κ3) is 3.35. The summed E-state index contributed by atoms with van der Waals surface area (Å²) in [5.41, 5.74) is 6.21. The topological polar surface area (TPSA) is 102 Å². The van der Waals surface area contributed by atoms with Gasteiger partial charge in [0.15, 0.2) is 5.54 Å². The van der Waals surface area contributed by atoms with Gasteiger partial charge in [0.2, 0.25) is 0 Å². The van der Waals surface area contributed by atoms with Crippen LogP contribution in [-0.4, -0.2) is 38.8 Å². The van der Waals surface area contributed by atoms with E-state index in [0.29, 0.717) is 11.1 Å². The van der Waals surface area contributed by atoms with Crippen molar-refractivity contribution < 1.29 is 17.4 Å². The molecule has 9 heteroatoms. The summed E-state index contributed by atoms with van der Waals surface area (Å²) >= 11 is 3.43. The van der Waals surface area contributed by atoms with Gasteiger partial charge >= 0.3 is 10.1 Å². The third-order valence-corrected chi connectivity index (χ3v) is 5.20. The average molecular weight is 440 g/mol. The first-order valence-electron chi connectivity index (χ1n) is 7.70. The van der Waals surface area contributed by atoms with Crippen LogP contribution in [0.3, 0.4) is 0 Å². The summed E-state index contributed by atoms with van der Waals surface area (Å²) in [6.07, 6.45) is 0.313. The van der Waals surface area contributed by atoms with E-state index in [1.807, 2.05) is 24.3 Å². The van der Waals surface area contributed by atoms with Crippen molar-refractivity contribution >= 4 is 32.0 Å². The van der Waals surface area contributed by atoms with Crippen molar-refractivity contribution in [1.29, 1.82) is 0 Å². The molecule has 0 aromatic heterocycles. The first-order chi connectivity index (χ1) is 12.1. The molecular weight excluding hydrogens is 422 g/mol. The standard InChI is InChI=1S/C17H18BrN3O4S/c1-21-15(22)17(20-16(21)19,12-4-3-5-13(18)10-12)11-6-8-14(9-7-11)25-26(2,23)24/h3-10,16,20H,19H2,1-2H3. The van der Waals surface area contributed by atoms with Crippen molar-refractivity contribution in [1.82, 2.24) is 10.2 Å². The quantitative estimate of drug-likeness (QED) is 0.696. The highest BCUT2D eigenvalue weighted by Gasteiger charge is 2.51. The Morgan fingerprint density at radius 1 is 1.19 bits per heavy atom. The molecule has 138 valence electrons. The van der Waals surface area contributed by atoms with Crippen LogP contribution in [0.25, 0.3) is 0 Å². The molecule has 2 unspecified atom stereocenters. The predicted molar refractivity (Wildman–Crippen MR) is 101 cm³/mol. The molecule has 1 heterocycles. The van der Waals surface area contributed by atoms with Crippen molar-refractivity contribution in [3.8, 4) is 5.75 Å². The molecule has 2 aromatic carbocycles. The van der Waals surface area contributed by atoms with Crippen LogP contribution in [0.1, 0.15) is 11.1 Å². The summed E-state index contributed by atoms with van der Waals surface area (Å²) in [4.78, 5) is 14.5. The van der Waals surface area contributed by atoms with E-state index in [-0.39, 0.29) is 11.7 Å². The number of carbonyl (C=O) groups is 1. The summed E-state index contributed by atoms with van der Waals surface area (Å²) in [5, 5.41) is 3.17. The highest BCUT2D eigenvalue weighted by molar-refractivity contribution is 9.10. The number of halogens is 1. The second-order valence-electron chi connectivity index (χ2n) is 6.08. The Kier molecular flexibility index (Phi) is 4.82. The van der Waals surface area contributed by atoms with E-state index in [1.165, 1.54) is 17.0 Å². The van der Waals surface area contributed by atoms with Crippen LogP contribution in [0.15, 0.2) is 53.0 Å². The fourth-order valence-corrected chi connectivity index (χ4v) is 3.87. The second-order valence-corrected chi connectivity index (χ2v) is 8.57. The number of hydrogen-bond acceptors (Lipinski definition) is 6. The van der Waals surface area contributed by atoms with Crippen LogP contribution in [0.4, 0.5) is 0 Å². The second kappa shape index (κ2) is 6.66. The van der Waals surface area contributed by atoms with Crippen molar-refractivity contribution in [3.63, 3.8) is 0 Å². The van der Waals surface area contributed by atoms with Crippen molar-refractivity contribution in [2.45, 2.75) is 11.8 Å². The Hall–Kier alpha value is -1.94. The van der Waals surface area contributed by atoms with E-state index in [9.17, 15) is 13.2 Å². The lowest BCUT2D eigenvalue weighted by Crippen LogP contribution is -2.47. The first kappa shape index (κ1) is 18.8. The van der Waals surface area contributed by atoms with Gasteiger partial charge < -0.3 is 9.08 Å². The summed E-state index contributed by atoms with van der Waals surface area (Å²) in [6.45, 7) is 0. The summed E-state index contributed by atoms with van der Waals surface area (Å²) in [6, 6.07) is 13.7. The number of rotatable bonds is 4.